The Labute approximate surface area is 121 Å². The molecule has 0 radical (unpaired) electrons. The van der Waals surface area contributed by atoms with Crippen molar-refractivity contribution in [2.24, 2.45) is 0 Å². The Hall–Kier alpha value is -0.920. The predicted molar refractivity (Wildman–Crippen MR) is 77.9 cm³/mol. The molecule has 1 aromatic heterocycles. The molecule has 0 atom stereocenters. The van der Waals surface area contributed by atoms with Crippen molar-refractivity contribution >= 4 is 50.1 Å². The molecule has 4 nitrogen and oxygen atoms in total. The molecule has 0 saturated carbocycles. The fourth-order valence-electron chi connectivity index (χ4n) is 1.22. The SMILES string of the molecule is CC(=O)Nc1nnc(SCc2ccccc2Br)s1. The first-order valence-corrected chi connectivity index (χ1v) is 7.72. The number of halogens is 1. The standard InChI is InChI=1S/C11H10BrN3OS2/c1-7(16)13-10-14-15-11(18-10)17-6-8-4-2-3-5-9(8)12/h2-5H,6H2,1H3,(H,13,14,16). The monoisotopic (exact) mass is 343 g/mol. The second kappa shape index (κ2) is 6.31. The number of carbonyl (C=O) groups is 1. The van der Waals surface area contributed by atoms with Crippen molar-refractivity contribution in [1.82, 2.24) is 10.2 Å². The van der Waals surface area contributed by atoms with Crippen molar-refractivity contribution < 1.29 is 4.79 Å². The molecule has 0 aliphatic carbocycles. The Balaban J connectivity index is 1.96. The zero-order valence-electron chi connectivity index (χ0n) is 9.51. The largest absolute Gasteiger partial charge is 0.301 e. The predicted octanol–water partition coefficient (Wildman–Crippen LogP) is 3.55. The summed E-state index contributed by atoms with van der Waals surface area (Å²) in [5.74, 6) is 0.685. The second-order valence-corrected chi connectivity index (χ2v) is 6.49. The molecule has 0 spiro atoms. The third-order valence-electron chi connectivity index (χ3n) is 2.00. The quantitative estimate of drug-likeness (QED) is 0.681. The number of nitrogens with zero attached hydrogens (tertiary/aromatic N) is 2. The van der Waals surface area contributed by atoms with Crippen LogP contribution in [0.5, 0.6) is 0 Å². The molecule has 1 aromatic carbocycles. The fourth-order valence-corrected chi connectivity index (χ4v) is 3.64. The zero-order valence-corrected chi connectivity index (χ0v) is 12.7. The number of anilines is 1. The maximum absolute atomic E-state index is 10.9. The van der Waals surface area contributed by atoms with E-state index in [4.69, 9.17) is 0 Å². The van der Waals surface area contributed by atoms with Crippen LogP contribution in [0.2, 0.25) is 0 Å². The van der Waals surface area contributed by atoms with Gasteiger partial charge < -0.3 is 5.32 Å². The first-order chi connectivity index (χ1) is 8.65. The van der Waals surface area contributed by atoms with Crippen LogP contribution in [0.15, 0.2) is 33.1 Å². The number of rotatable bonds is 4. The van der Waals surface area contributed by atoms with Crippen LogP contribution in [0.4, 0.5) is 5.13 Å². The molecule has 1 amide bonds. The van der Waals surface area contributed by atoms with E-state index < -0.39 is 0 Å². The molecule has 0 saturated heterocycles. The maximum atomic E-state index is 10.9. The smallest absolute Gasteiger partial charge is 0.223 e. The number of thioether (sulfide) groups is 1. The summed E-state index contributed by atoms with van der Waals surface area (Å²) >= 11 is 6.48. The van der Waals surface area contributed by atoms with Crippen LogP contribution in [0.1, 0.15) is 12.5 Å². The molecule has 2 rings (SSSR count). The van der Waals surface area contributed by atoms with Gasteiger partial charge in [0.15, 0.2) is 4.34 Å². The number of carbonyl (C=O) groups excluding carboxylic acids is 1. The molecule has 0 bridgehead atoms. The van der Waals surface area contributed by atoms with Crippen molar-refractivity contribution in [3.63, 3.8) is 0 Å². The molecular weight excluding hydrogens is 334 g/mol. The van der Waals surface area contributed by atoms with Gasteiger partial charge >= 0.3 is 0 Å². The zero-order chi connectivity index (χ0) is 13.0. The Morgan fingerprint density at radius 2 is 2.22 bits per heavy atom. The summed E-state index contributed by atoms with van der Waals surface area (Å²) in [6, 6.07) is 8.06. The third-order valence-corrected chi connectivity index (χ3v) is 4.79. The summed E-state index contributed by atoms with van der Waals surface area (Å²) in [6.45, 7) is 1.45. The van der Waals surface area contributed by atoms with E-state index in [1.807, 2.05) is 18.2 Å². The summed E-state index contributed by atoms with van der Waals surface area (Å²) in [5.41, 5.74) is 1.21. The van der Waals surface area contributed by atoms with Gasteiger partial charge in [-0.2, -0.15) is 0 Å². The highest BCUT2D eigenvalue weighted by molar-refractivity contribution is 9.10. The topological polar surface area (TPSA) is 54.9 Å². The molecule has 2 aromatic rings. The average Bonchev–Trinajstić information content (AvgIpc) is 2.75. The van der Waals surface area contributed by atoms with Gasteiger partial charge in [0.25, 0.3) is 0 Å². The van der Waals surface area contributed by atoms with Gasteiger partial charge in [0.2, 0.25) is 11.0 Å². The Morgan fingerprint density at radius 1 is 1.44 bits per heavy atom. The molecule has 0 fully saturated rings. The summed E-state index contributed by atoms with van der Waals surface area (Å²) in [6.07, 6.45) is 0. The minimum Gasteiger partial charge on any atom is -0.301 e. The molecule has 0 unspecified atom stereocenters. The molecule has 18 heavy (non-hydrogen) atoms. The fraction of sp³-hybridized carbons (Fsp3) is 0.182. The lowest BCUT2D eigenvalue weighted by molar-refractivity contribution is -0.114. The average molecular weight is 344 g/mol. The number of hydrogen-bond acceptors (Lipinski definition) is 5. The molecule has 0 aliphatic heterocycles. The van der Waals surface area contributed by atoms with Crippen LogP contribution in [-0.2, 0) is 10.5 Å². The van der Waals surface area contributed by atoms with Crippen LogP contribution in [0.25, 0.3) is 0 Å². The lowest BCUT2D eigenvalue weighted by atomic mass is 10.2. The molecule has 1 heterocycles. The van der Waals surface area contributed by atoms with Gasteiger partial charge in [0.1, 0.15) is 0 Å². The van der Waals surface area contributed by atoms with E-state index in [2.05, 4.69) is 37.5 Å². The van der Waals surface area contributed by atoms with E-state index in [0.717, 1.165) is 14.6 Å². The van der Waals surface area contributed by atoms with E-state index in [-0.39, 0.29) is 5.91 Å². The Kier molecular flexibility index (Phi) is 4.73. The van der Waals surface area contributed by atoms with Crippen molar-refractivity contribution in [2.45, 2.75) is 17.0 Å². The summed E-state index contributed by atoms with van der Waals surface area (Å²) in [7, 11) is 0. The number of benzene rings is 1. The van der Waals surface area contributed by atoms with E-state index >= 15 is 0 Å². The number of amides is 1. The molecular formula is C11H10BrN3OS2. The lowest BCUT2D eigenvalue weighted by Crippen LogP contribution is -2.04. The van der Waals surface area contributed by atoms with Gasteiger partial charge in [-0.15, -0.1) is 10.2 Å². The van der Waals surface area contributed by atoms with Crippen molar-refractivity contribution in [3.8, 4) is 0 Å². The van der Waals surface area contributed by atoms with Crippen molar-refractivity contribution in [3.05, 3.63) is 34.3 Å². The minimum absolute atomic E-state index is 0.131. The number of nitrogens with one attached hydrogen (secondary N) is 1. The summed E-state index contributed by atoms with van der Waals surface area (Å²) in [4.78, 5) is 10.9. The molecule has 7 heteroatoms. The van der Waals surface area contributed by atoms with E-state index in [0.29, 0.717) is 5.13 Å². The normalized spacial score (nSPS) is 10.3. The number of hydrogen-bond donors (Lipinski definition) is 1. The van der Waals surface area contributed by atoms with Crippen LogP contribution in [-0.4, -0.2) is 16.1 Å². The first-order valence-electron chi connectivity index (χ1n) is 5.12. The molecule has 1 N–H and O–H groups in total. The first kappa shape index (κ1) is 13.5. The molecule has 94 valence electrons. The van der Waals surface area contributed by atoms with Crippen LogP contribution >= 0.6 is 39.0 Å². The van der Waals surface area contributed by atoms with Crippen LogP contribution in [0.3, 0.4) is 0 Å². The highest BCUT2D eigenvalue weighted by Crippen LogP contribution is 2.30. The van der Waals surface area contributed by atoms with E-state index in [1.165, 1.54) is 23.8 Å². The second-order valence-electron chi connectivity index (χ2n) is 3.43. The van der Waals surface area contributed by atoms with Gasteiger partial charge in [0, 0.05) is 17.1 Å². The maximum Gasteiger partial charge on any atom is 0.223 e. The van der Waals surface area contributed by atoms with Gasteiger partial charge in [-0.25, -0.2) is 0 Å². The Bertz CT molecular complexity index is 559. The van der Waals surface area contributed by atoms with Crippen LogP contribution in [0, 0.1) is 0 Å². The van der Waals surface area contributed by atoms with Gasteiger partial charge in [-0.05, 0) is 11.6 Å². The van der Waals surface area contributed by atoms with Crippen molar-refractivity contribution in [2.75, 3.05) is 5.32 Å². The van der Waals surface area contributed by atoms with Crippen molar-refractivity contribution in [1.29, 1.82) is 0 Å². The molecule has 0 aliphatic rings. The Morgan fingerprint density at radius 3 is 2.94 bits per heavy atom. The van der Waals surface area contributed by atoms with Crippen LogP contribution < -0.4 is 5.32 Å². The van der Waals surface area contributed by atoms with E-state index in [9.17, 15) is 4.79 Å². The van der Waals surface area contributed by atoms with E-state index in [1.54, 1.807) is 11.8 Å². The summed E-state index contributed by atoms with van der Waals surface area (Å²) < 4.78 is 1.93. The highest BCUT2D eigenvalue weighted by Gasteiger charge is 2.07. The number of aromatic nitrogens is 2. The lowest BCUT2D eigenvalue weighted by Gasteiger charge is -2.00. The highest BCUT2D eigenvalue weighted by atomic mass is 79.9. The third kappa shape index (κ3) is 3.79. The van der Waals surface area contributed by atoms with Gasteiger partial charge in [0.05, 0.1) is 0 Å². The minimum atomic E-state index is -0.131. The summed E-state index contributed by atoms with van der Waals surface area (Å²) in [5, 5.41) is 11.1. The van der Waals surface area contributed by atoms with Gasteiger partial charge in [-0.3, -0.25) is 4.79 Å². The van der Waals surface area contributed by atoms with Gasteiger partial charge in [-0.1, -0.05) is 57.2 Å².